The second-order valence-corrected chi connectivity index (χ2v) is 4.18. The number of carbonyl (C=O) groups is 2. The Bertz CT molecular complexity index is 387. The van der Waals surface area contributed by atoms with Gasteiger partial charge in [-0.3, -0.25) is 9.59 Å². The minimum atomic E-state index is -0.322. The number of halogens is 1. The van der Waals surface area contributed by atoms with Crippen molar-refractivity contribution in [3.05, 3.63) is 22.6 Å². The molecule has 0 aliphatic rings. The molecule has 0 saturated carbocycles. The summed E-state index contributed by atoms with van der Waals surface area (Å²) in [7, 11) is 3.35. The summed E-state index contributed by atoms with van der Waals surface area (Å²) in [6.07, 6.45) is 0.278. The third kappa shape index (κ3) is 3.69. The van der Waals surface area contributed by atoms with Gasteiger partial charge in [0.1, 0.15) is 0 Å². The van der Waals surface area contributed by atoms with Crippen molar-refractivity contribution in [1.82, 2.24) is 10.2 Å². The summed E-state index contributed by atoms with van der Waals surface area (Å²) in [4.78, 5) is 24.1. The van der Waals surface area contributed by atoms with E-state index < -0.39 is 0 Å². The number of amides is 2. The van der Waals surface area contributed by atoms with Crippen LogP contribution in [0.2, 0.25) is 0 Å². The smallest absolute Gasteiger partial charge is 0.287 e. The van der Waals surface area contributed by atoms with Crippen molar-refractivity contribution in [2.45, 2.75) is 6.42 Å². The molecule has 0 fully saturated rings. The molecule has 1 heterocycles. The van der Waals surface area contributed by atoms with Gasteiger partial charge in [-0.15, -0.1) is 0 Å². The van der Waals surface area contributed by atoms with E-state index in [0.29, 0.717) is 11.2 Å². The summed E-state index contributed by atoms with van der Waals surface area (Å²) in [6.45, 7) is 0.300. The van der Waals surface area contributed by atoms with Crippen LogP contribution in [0, 0.1) is 0 Å². The predicted molar refractivity (Wildman–Crippen MR) is 62.1 cm³/mol. The number of furan rings is 1. The van der Waals surface area contributed by atoms with E-state index in [1.54, 1.807) is 26.2 Å². The zero-order valence-electron chi connectivity index (χ0n) is 9.12. The fourth-order valence-electron chi connectivity index (χ4n) is 1.03. The van der Waals surface area contributed by atoms with E-state index in [4.69, 9.17) is 4.42 Å². The predicted octanol–water partition coefficient (Wildman–Crippen LogP) is 1.25. The normalized spacial score (nSPS) is 9.94. The number of carbonyl (C=O) groups excluding carboxylic acids is 2. The van der Waals surface area contributed by atoms with Crippen LogP contribution in [0.5, 0.6) is 0 Å². The van der Waals surface area contributed by atoms with E-state index in [-0.39, 0.29) is 24.0 Å². The van der Waals surface area contributed by atoms with Crippen LogP contribution < -0.4 is 5.32 Å². The molecule has 0 unspecified atom stereocenters. The molecule has 1 N–H and O–H groups in total. The van der Waals surface area contributed by atoms with Gasteiger partial charge in [-0.25, -0.2) is 0 Å². The Morgan fingerprint density at radius 2 is 2.12 bits per heavy atom. The van der Waals surface area contributed by atoms with Crippen LogP contribution in [0.4, 0.5) is 0 Å². The van der Waals surface area contributed by atoms with Gasteiger partial charge in [0.25, 0.3) is 5.91 Å². The fourth-order valence-corrected chi connectivity index (χ4v) is 1.34. The molecule has 0 saturated heterocycles. The lowest BCUT2D eigenvalue weighted by Gasteiger charge is -2.09. The highest BCUT2D eigenvalue weighted by atomic mass is 79.9. The number of hydrogen-bond donors (Lipinski definition) is 1. The molecule has 2 amide bonds. The highest BCUT2D eigenvalue weighted by Crippen LogP contribution is 2.13. The van der Waals surface area contributed by atoms with E-state index in [2.05, 4.69) is 21.2 Å². The Labute approximate surface area is 102 Å². The Morgan fingerprint density at radius 1 is 1.44 bits per heavy atom. The molecular weight excluding hydrogens is 276 g/mol. The number of hydrogen-bond acceptors (Lipinski definition) is 3. The van der Waals surface area contributed by atoms with Gasteiger partial charge in [-0.1, -0.05) is 0 Å². The van der Waals surface area contributed by atoms with Crippen molar-refractivity contribution in [2.75, 3.05) is 20.6 Å². The highest BCUT2D eigenvalue weighted by molar-refractivity contribution is 9.10. The largest absolute Gasteiger partial charge is 0.444 e. The fraction of sp³-hybridized carbons (Fsp3) is 0.400. The highest BCUT2D eigenvalue weighted by Gasteiger charge is 2.10. The molecule has 0 bridgehead atoms. The average molecular weight is 289 g/mol. The van der Waals surface area contributed by atoms with E-state index in [1.165, 1.54) is 4.90 Å². The topological polar surface area (TPSA) is 62.6 Å². The minimum absolute atomic E-state index is 0.0269. The molecule has 0 spiro atoms. The Hall–Kier alpha value is -1.30. The maximum atomic E-state index is 11.5. The molecule has 16 heavy (non-hydrogen) atoms. The molecule has 5 nitrogen and oxygen atoms in total. The molecule has 0 aromatic carbocycles. The summed E-state index contributed by atoms with van der Waals surface area (Å²) in [5.74, 6) is -0.123. The molecule has 1 aromatic rings. The summed E-state index contributed by atoms with van der Waals surface area (Å²) >= 11 is 3.10. The van der Waals surface area contributed by atoms with Gasteiger partial charge >= 0.3 is 0 Å². The van der Waals surface area contributed by atoms with Crippen LogP contribution in [0.3, 0.4) is 0 Å². The monoisotopic (exact) mass is 288 g/mol. The second-order valence-electron chi connectivity index (χ2n) is 3.40. The first-order valence-electron chi connectivity index (χ1n) is 4.74. The van der Waals surface area contributed by atoms with E-state index in [9.17, 15) is 9.59 Å². The van der Waals surface area contributed by atoms with Gasteiger partial charge in [-0.2, -0.15) is 0 Å². The SMILES string of the molecule is CN(C)C(=O)CCNC(=O)c1ccc(Br)o1. The van der Waals surface area contributed by atoms with E-state index in [1.807, 2.05) is 0 Å². The number of nitrogens with one attached hydrogen (secondary N) is 1. The summed E-state index contributed by atoms with van der Waals surface area (Å²) < 4.78 is 5.56. The van der Waals surface area contributed by atoms with Crippen LogP contribution in [-0.4, -0.2) is 37.4 Å². The summed E-state index contributed by atoms with van der Waals surface area (Å²) in [6, 6.07) is 3.20. The number of rotatable bonds is 4. The van der Waals surface area contributed by atoms with Crippen molar-refractivity contribution in [3.63, 3.8) is 0 Å². The molecule has 1 rings (SSSR count). The van der Waals surface area contributed by atoms with Crippen molar-refractivity contribution < 1.29 is 14.0 Å². The Kier molecular flexibility index (Phi) is 4.54. The standard InChI is InChI=1S/C10H13BrN2O3/c1-13(2)9(14)5-6-12-10(15)7-3-4-8(11)16-7/h3-4H,5-6H2,1-2H3,(H,12,15). The minimum Gasteiger partial charge on any atom is -0.444 e. The van der Waals surface area contributed by atoms with Gasteiger partial charge in [-0.05, 0) is 28.1 Å². The number of nitrogens with zero attached hydrogens (tertiary/aromatic N) is 1. The van der Waals surface area contributed by atoms with Gasteiger partial charge in [0.15, 0.2) is 10.4 Å². The first-order chi connectivity index (χ1) is 7.50. The zero-order valence-corrected chi connectivity index (χ0v) is 10.7. The van der Waals surface area contributed by atoms with Crippen LogP contribution >= 0.6 is 15.9 Å². The van der Waals surface area contributed by atoms with E-state index >= 15 is 0 Å². The first kappa shape index (κ1) is 12.8. The molecule has 0 aliphatic heterocycles. The lowest BCUT2D eigenvalue weighted by molar-refractivity contribution is -0.128. The van der Waals surface area contributed by atoms with Crippen LogP contribution in [0.25, 0.3) is 0 Å². The Balaban J connectivity index is 2.34. The third-order valence-electron chi connectivity index (χ3n) is 1.92. The van der Waals surface area contributed by atoms with Crippen molar-refractivity contribution in [3.8, 4) is 0 Å². The van der Waals surface area contributed by atoms with Crippen molar-refractivity contribution in [2.24, 2.45) is 0 Å². The van der Waals surface area contributed by atoms with Gasteiger partial charge in [0, 0.05) is 27.1 Å². The van der Waals surface area contributed by atoms with Gasteiger partial charge < -0.3 is 14.6 Å². The molecule has 0 radical (unpaired) electrons. The molecule has 88 valence electrons. The maximum Gasteiger partial charge on any atom is 0.287 e. The second kappa shape index (κ2) is 5.69. The maximum absolute atomic E-state index is 11.5. The first-order valence-corrected chi connectivity index (χ1v) is 5.53. The van der Waals surface area contributed by atoms with Crippen molar-refractivity contribution in [1.29, 1.82) is 0 Å². The lowest BCUT2D eigenvalue weighted by Crippen LogP contribution is -2.29. The zero-order chi connectivity index (χ0) is 12.1. The van der Waals surface area contributed by atoms with Crippen LogP contribution in [0.1, 0.15) is 17.0 Å². The summed E-state index contributed by atoms with van der Waals surface area (Å²) in [5, 5.41) is 2.60. The molecule has 0 aliphatic carbocycles. The average Bonchev–Trinajstić information content (AvgIpc) is 2.64. The van der Waals surface area contributed by atoms with E-state index in [0.717, 1.165) is 0 Å². The molecule has 6 heteroatoms. The third-order valence-corrected chi connectivity index (χ3v) is 2.35. The van der Waals surface area contributed by atoms with Crippen molar-refractivity contribution >= 4 is 27.7 Å². The van der Waals surface area contributed by atoms with Crippen LogP contribution in [-0.2, 0) is 4.79 Å². The quantitative estimate of drug-likeness (QED) is 0.907. The molecule has 0 atom stereocenters. The summed E-state index contributed by atoms with van der Waals surface area (Å²) in [5.41, 5.74) is 0. The molecular formula is C10H13BrN2O3. The van der Waals surface area contributed by atoms with Gasteiger partial charge in [0.05, 0.1) is 0 Å². The van der Waals surface area contributed by atoms with Crippen LogP contribution in [0.15, 0.2) is 21.2 Å². The Morgan fingerprint density at radius 3 is 2.62 bits per heavy atom. The molecule has 1 aromatic heterocycles. The van der Waals surface area contributed by atoms with Gasteiger partial charge in [0.2, 0.25) is 5.91 Å². The lowest BCUT2D eigenvalue weighted by atomic mass is 10.3.